The number of fused-ring (bicyclic) bond motifs is 1. The zero-order valence-corrected chi connectivity index (χ0v) is 12.5. The van der Waals surface area contributed by atoms with Crippen LogP contribution in [-0.2, 0) is 0 Å². The minimum Gasteiger partial charge on any atom is -0.459 e. The van der Waals surface area contributed by atoms with E-state index in [9.17, 15) is 0 Å². The van der Waals surface area contributed by atoms with Gasteiger partial charge in [-0.15, -0.1) is 11.3 Å². The van der Waals surface area contributed by atoms with E-state index in [1.54, 1.807) is 11.3 Å². The van der Waals surface area contributed by atoms with Gasteiger partial charge in [0.05, 0.1) is 11.2 Å². The van der Waals surface area contributed by atoms with E-state index in [-0.39, 0.29) is 6.04 Å². The molecule has 0 saturated heterocycles. The van der Waals surface area contributed by atoms with Crippen LogP contribution in [0.15, 0.2) is 39.6 Å². The highest BCUT2D eigenvalue weighted by Gasteiger charge is 2.19. The van der Waals surface area contributed by atoms with E-state index >= 15 is 0 Å². The summed E-state index contributed by atoms with van der Waals surface area (Å²) in [6, 6.07) is 8.42. The number of aromatic nitrogens is 1. The summed E-state index contributed by atoms with van der Waals surface area (Å²) in [4.78, 5) is 4.43. The van der Waals surface area contributed by atoms with Crippen LogP contribution >= 0.6 is 11.3 Å². The van der Waals surface area contributed by atoms with Crippen LogP contribution in [0.25, 0.3) is 11.0 Å². The summed E-state index contributed by atoms with van der Waals surface area (Å²) in [5.74, 6) is 0.935. The van der Waals surface area contributed by atoms with Gasteiger partial charge in [0.15, 0.2) is 0 Å². The molecule has 0 saturated carbocycles. The van der Waals surface area contributed by atoms with Crippen LogP contribution in [0.5, 0.6) is 0 Å². The van der Waals surface area contributed by atoms with Crippen molar-refractivity contribution in [3.8, 4) is 0 Å². The number of aryl methyl sites for hydroxylation is 1. The van der Waals surface area contributed by atoms with Crippen molar-refractivity contribution in [2.75, 3.05) is 6.54 Å². The fraction of sp³-hybridized carbons (Fsp3) is 0.312. The van der Waals surface area contributed by atoms with Crippen molar-refractivity contribution >= 4 is 22.3 Å². The Balaban J connectivity index is 1.99. The smallest absolute Gasteiger partial charge is 0.134 e. The maximum absolute atomic E-state index is 6.01. The lowest BCUT2D eigenvalue weighted by molar-refractivity contribution is 0.465. The molecule has 0 fully saturated rings. The highest BCUT2D eigenvalue weighted by Crippen LogP contribution is 2.28. The Bertz CT molecular complexity index is 688. The molecule has 0 amide bonds. The third-order valence-corrected chi connectivity index (χ3v) is 3.93. The Morgan fingerprint density at radius 2 is 2.25 bits per heavy atom. The zero-order chi connectivity index (χ0) is 13.9. The minimum atomic E-state index is 0.0360. The minimum absolute atomic E-state index is 0.0360. The number of rotatable bonds is 5. The van der Waals surface area contributed by atoms with Crippen molar-refractivity contribution in [1.82, 2.24) is 10.3 Å². The summed E-state index contributed by atoms with van der Waals surface area (Å²) in [5, 5.41) is 6.74. The van der Waals surface area contributed by atoms with Crippen molar-refractivity contribution in [1.29, 1.82) is 0 Å². The molecule has 1 unspecified atom stereocenters. The molecule has 1 aromatic carbocycles. The molecule has 3 rings (SSSR count). The number of hydrogen-bond acceptors (Lipinski definition) is 4. The molecular weight excluding hydrogens is 268 g/mol. The molecule has 20 heavy (non-hydrogen) atoms. The van der Waals surface area contributed by atoms with Gasteiger partial charge < -0.3 is 9.73 Å². The number of nitrogens with zero attached hydrogens (tertiary/aromatic N) is 1. The van der Waals surface area contributed by atoms with E-state index in [0.29, 0.717) is 0 Å². The molecule has 3 aromatic rings. The fourth-order valence-electron chi connectivity index (χ4n) is 2.33. The highest BCUT2D eigenvalue weighted by atomic mass is 32.1. The highest BCUT2D eigenvalue weighted by molar-refractivity contribution is 7.07. The number of hydrogen-bond donors (Lipinski definition) is 1. The average molecular weight is 286 g/mol. The number of furan rings is 1. The Morgan fingerprint density at radius 1 is 1.35 bits per heavy atom. The Hall–Kier alpha value is -1.65. The molecule has 2 aromatic heterocycles. The number of benzene rings is 1. The Morgan fingerprint density at radius 3 is 3.00 bits per heavy atom. The molecule has 4 heteroatoms. The summed E-state index contributed by atoms with van der Waals surface area (Å²) in [6.45, 7) is 5.20. The summed E-state index contributed by atoms with van der Waals surface area (Å²) >= 11 is 1.61. The van der Waals surface area contributed by atoms with Crippen LogP contribution in [0, 0.1) is 6.92 Å². The zero-order valence-electron chi connectivity index (χ0n) is 11.7. The van der Waals surface area contributed by atoms with E-state index in [1.165, 1.54) is 5.56 Å². The van der Waals surface area contributed by atoms with Gasteiger partial charge in [0.1, 0.15) is 17.4 Å². The average Bonchev–Trinajstić information content (AvgIpc) is 3.08. The van der Waals surface area contributed by atoms with Gasteiger partial charge in [-0.3, -0.25) is 0 Å². The van der Waals surface area contributed by atoms with Crippen molar-refractivity contribution in [3.63, 3.8) is 0 Å². The molecule has 104 valence electrons. The van der Waals surface area contributed by atoms with Crippen LogP contribution in [0.3, 0.4) is 0 Å². The number of thiazole rings is 1. The second-order valence-electron chi connectivity index (χ2n) is 4.99. The van der Waals surface area contributed by atoms with Crippen LogP contribution in [-0.4, -0.2) is 11.5 Å². The van der Waals surface area contributed by atoms with Gasteiger partial charge in [-0.05, 0) is 38.1 Å². The van der Waals surface area contributed by atoms with Gasteiger partial charge in [-0.1, -0.05) is 18.6 Å². The molecule has 0 aliphatic rings. The van der Waals surface area contributed by atoms with Crippen LogP contribution in [0.4, 0.5) is 0 Å². The maximum Gasteiger partial charge on any atom is 0.134 e. The molecule has 0 bridgehead atoms. The van der Waals surface area contributed by atoms with Crippen LogP contribution in [0.1, 0.15) is 36.4 Å². The molecule has 1 N–H and O–H groups in total. The predicted octanol–water partition coefficient (Wildman–Crippen LogP) is 4.29. The molecule has 0 aliphatic heterocycles. The Labute approximate surface area is 122 Å². The van der Waals surface area contributed by atoms with E-state index in [4.69, 9.17) is 4.42 Å². The molecule has 0 spiro atoms. The first-order chi connectivity index (χ1) is 9.78. The largest absolute Gasteiger partial charge is 0.459 e. The van der Waals surface area contributed by atoms with Gasteiger partial charge in [0.25, 0.3) is 0 Å². The lowest BCUT2D eigenvalue weighted by atomic mass is 10.1. The summed E-state index contributed by atoms with van der Waals surface area (Å²) in [7, 11) is 0. The molecular formula is C16H18N2OS. The monoisotopic (exact) mass is 286 g/mol. The first-order valence-electron chi connectivity index (χ1n) is 6.89. The molecule has 2 heterocycles. The third-order valence-electron chi connectivity index (χ3n) is 3.32. The van der Waals surface area contributed by atoms with Crippen molar-refractivity contribution in [2.45, 2.75) is 26.3 Å². The second kappa shape index (κ2) is 5.77. The summed E-state index contributed by atoms with van der Waals surface area (Å²) in [5.41, 5.74) is 5.07. The van der Waals surface area contributed by atoms with Crippen molar-refractivity contribution < 1.29 is 4.42 Å². The third kappa shape index (κ3) is 2.62. The maximum atomic E-state index is 6.01. The van der Waals surface area contributed by atoms with Crippen LogP contribution in [0.2, 0.25) is 0 Å². The molecule has 0 aliphatic carbocycles. The van der Waals surface area contributed by atoms with Gasteiger partial charge in [0, 0.05) is 10.8 Å². The van der Waals surface area contributed by atoms with E-state index in [1.807, 2.05) is 11.6 Å². The van der Waals surface area contributed by atoms with E-state index < -0.39 is 0 Å². The van der Waals surface area contributed by atoms with E-state index in [2.05, 4.69) is 47.7 Å². The van der Waals surface area contributed by atoms with Gasteiger partial charge >= 0.3 is 0 Å². The first-order valence-corrected chi connectivity index (χ1v) is 7.84. The summed E-state index contributed by atoms with van der Waals surface area (Å²) < 4.78 is 6.01. The molecule has 3 nitrogen and oxygen atoms in total. The van der Waals surface area contributed by atoms with Crippen molar-refractivity contribution in [2.24, 2.45) is 0 Å². The second-order valence-corrected chi connectivity index (χ2v) is 5.71. The van der Waals surface area contributed by atoms with Gasteiger partial charge in [-0.2, -0.15) is 0 Å². The van der Waals surface area contributed by atoms with Gasteiger partial charge in [0.2, 0.25) is 0 Å². The first kappa shape index (κ1) is 13.3. The summed E-state index contributed by atoms with van der Waals surface area (Å²) in [6.07, 6.45) is 1.08. The normalized spacial score (nSPS) is 12.9. The molecule has 1 atom stereocenters. The SMILES string of the molecule is CCCNC(c1cscn1)c1cc2cc(C)ccc2o1. The predicted molar refractivity (Wildman–Crippen MR) is 83.2 cm³/mol. The topological polar surface area (TPSA) is 38.1 Å². The molecule has 0 radical (unpaired) electrons. The quantitative estimate of drug-likeness (QED) is 0.760. The number of nitrogens with one attached hydrogen (secondary N) is 1. The lowest BCUT2D eigenvalue weighted by Gasteiger charge is -2.13. The van der Waals surface area contributed by atoms with Crippen molar-refractivity contribution in [3.05, 3.63) is 52.2 Å². The fourth-order valence-corrected chi connectivity index (χ4v) is 2.91. The van der Waals surface area contributed by atoms with Gasteiger partial charge in [-0.25, -0.2) is 4.98 Å². The van der Waals surface area contributed by atoms with Crippen LogP contribution < -0.4 is 5.32 Å². The standard InChI is InChI=1S/C16H18N2OS/c1-3-6-17-16(13-9-20-10-18-13)15-8-12-7-11(2)4-5-14(12)19-15/h4-5,7-10,16-17H,3,6H2,1-2H3. The lowest BCUT2D eigenvalue weighted by Crippen LogP contribution is -2.22. The Kier molecular flexibility index (Phi) is 3.85. The van der Waals surface area contributed by atoms with E-state index in [0.717, 1.165) is 35.4 Å².